The Morgan fingerprint density at radius 3 is 2.95 bits per heavy atom. The second kappa shape index (κ2) is 5.99. The zero-order valence-corrected chi connectivity index (χ0v) is 11.0. The predicted octanol–water partition coefficient (Wildman–Crippen LogP) is 1.14. The highest BCUT2D eigenvalue weighted by Crippen LogP contribution is 2.10. The molecule has 0 saturated heterocycles. The van der Waals surface area contributed by atoms with Gasteiger partial charge in [-0.1, -0.05) is 0 Å². The van der Waals surface area contributed by atoms with Gasteiger partial charge in [-0.3, -0.25) is 9.48 Å². The Morgan fingerprint density at radius 1 is 1.42 bits per heavy atom. The van der Waals surface area contributed by atoms with E-state index in [2.05, 4.69) is 20.7 Å². The number of carbonyl (C=O) groups is 1. The summed E-state index contributed by atoms with van der Waals surface area (Å²) in [6.07, 6.45) is 5.23. The second-order valence-corrected chi connectivity index (χ2v) is 4.25. The van der Waals surface area contributed by atoms with E-state index in [4.69, 9.17) is 0 Å². The van der Waals surface area contributed by atoms with Gasteiger partial charge < -0.3 is 10.6 Å². The molecule has 0 aromatic carbocycles. The molecule has 0 bridgehead atoms. The number of carbonyl (C=O) groups excluding carboxylic acids is 1. The summed E-state index contributed by atoms with van der Waals surface area (Å²) in [6, 6.07) is 5.33. The van der Waals surface area contributed by atoms with Crippen LogP contribution < -0.4 is 10.6 Å². The maximum atomic E-state index is 12.1. The molecule has 0 radical (unpaired) electrons. The number of nitrogens with one attached hydrogen (secondary N) is 2. The van der Waals surface area contributed by atoms with Gasteiger partial charge in [0.05, 0.1) is 12.1 Å². The Hall–Kier alpha value is -2.37. The second-order valence-electron chi connectivity index (χ2n) is 4.25. The number of anilines is 1. The van der Waals surface area contributed by atoms with Gasteiger partial charge in [-0.15, -0.1) is 0 Å². The third-order valence-corrected chi connectivity index (χ3v) is 2.69. The molecule has 19 heavy (non-hydrogen) atoms. The van der Waals surface area contributed by atoms with Gasteiger partial charge in [0.2, 0.25) is 0 Å². The molecule has 2 aromatic rings. The molecule has 0 saturated carbocycles. The van der Waals surface area contributed by atoms with Crippen molar-refractivity contribution in [2.45, 2.75) is 19.5 Å². The molecular weight excluding hydrogens is 242 g/mol. The summed E-state index contributed by atoms with van der Waals surface area (Å²) in [5, 5.41) is 9.95. The molecule has 0 spiro atoms. The molecule has 2 N–H and O–H groups in total. The zero-order chi connectivity index (χ0) is 13.7. The standard InChI is InChI=1S/C13H17N5O/c1-10(9-18-8-4-7-16-18)17-13(19)11-5-3-6-15-12(11)14-2/h3-8,10H,9H2,1-2H3,(H,14,15)(H,17,19). The van der Waals surface area contributed by atoms with Crippen LogP contribution in [0, 0.1) is 0 Å². The van der Waals surface area contributed by atoms with E-state index in [1.807, 2.05) is 19.2 Å². The van der Waals surface area contributed by atoms with Crippen LogP contribution in [0.2, 0.25) is 0 Å². The lowest BCUT2D eigenvalue weighted by Gasteiger charge is -2.15. The zero-order valence-electron chi connectivity index (χ0n) is 11.0. The Morgan fingerprint density at radius 2 is 2.26 bits per heavy atom. The van der Waals surface area contributed by atoms with Gasteiger partial charge in [0.15, 0.2) is 0 Å². The Balaban J connectivity index is 2.00. The first-order valence-corrected chi connectivity index (χ1v) is 6.11. The van der Waals surface area contributed by atoms with Gasteiger partial charge in [-0.05, 0) is 25.1 Å². The maximum Gasteiger partial charge on any atom is 0.255 e. The summed E-state index contributed by atoms with van der Waals surface area (Å²) in [7, 11) is 1.74. The summed E-state index contributed by atoms with van der Waals surface area (Å²) >= 11 is 0. The average molecular weight is 259 g/mol. The van der Waals surface area contributed by atoms with Crippen molar-refractivity contribution in [3.63, 3.8) is 0 Å². The molecule has 1 amide bonds. The van der Waals surface area contributed by atoms with Crippen LogP contribution in [0.4, 0.5) is 5.82 Å². The van der Waals surface area contributed by atoms with E-state index in [1.54, 1.807) is 36.3 Å². The molecule has 1 atom stereocenters. The van der Waals surface area contributed by atoms with E-state index in [0.29, 0.717) is 17.9 Å². The van der Waals surface area contributed by atoms with E-state index in [0.717, 1.165) is 0 Å². The minimum Gasteiger partial charge on any atom is -0.372 e. The Bertz CT molecular complexity index is 538. The molecule has 2 aromatic heterocycles. The molecule has 100 valence electrons. The molecule has 0 aliphatic carbocycles. The number of pyridine rings is 1. The van der Waals surface area contributed by atoms with Crippen molar-refractivity contribution in [2.75, 3.05) is 12.4 Å². The largest absolute Gasteiger partial charge is 0.372 e. The minimum absolute atomic E-state index is 0.0164. The fraction of sp³-hybridized carbons (Fsp3) is 0.308. The van der Waals surface area contributed by atoms with Crippen molar-refractivity contribution in [3.05, 3.63) is 42.4 Å². The molecule has 2 heterocycles. The number of rotatable bonds is 5. The van der Waals surface area contributed by atoms with Crippen LogP contribution in [0.15, 0.2) is 36.8 Å². The van der Waals surface area contributed by atoms with E-state index in [-0.39, 0.29) is 11.9 Å². The fourth-order valence-electron chi connectivity index (χ4n) is 1.82. The number of nitrogens with zero attached hydrogens (tertiary/aromatic N) is 3. The maximum absolute atomic E-state index is 12.1. The van der Waals surface area contributed by atoms with Crippen LogP contribution in [-0.4, -0.2) is 33.8 Å². The Labute approximate surface area is 111 Å². The third kappa shape index (κ3) is 3.31. The van der Waals surface area contributed by atoms with Crippen molar-refractivity contribution in [2.24, 2.45) is 0 Å². The minimum atomic E-state index is -0.142. The molecule has 6 heteroatoms. The quantitative estimate of drug-likeness (QED) is 0.844. The van der Waals surface area contributed by atoms with Crippen molar-refractivity contribution < 1.29 is 4.79 Å². The summed E-state index contributed by atoms with van der Waals surface area (Å²) < 4.78 is 1.78. The first-order chi connectivity index (χ1) is 9.20. The van der Waals surface area contributed by atoms with Crippen molar-refractivity contribution >= 4 is 11.7 Å². The topological polar surface area (TPSA) is 71.8 Å². The number of hydrogen-bond acceptors (Lipinski definition) is 4. The van der Waals surface area contributed by atoms with E-state index < -0.39 is 0 Å². The first-order valence-electron chi connectivity index (χ1n) is 6.11. The normalized spacial score (nSPS) is 11.9. The molecule has 0 aliphatic heterocycles. The summed E-state index contributed by atoms with van der Waals surface area (Å²) in [4.78, 5) is 16.3. The van der Waals surface area contributed by atoms with Gasteiger partial charge in [-0.2, -0.15) is 5.10 Å². The van der Waals surface area contributed by atoms with Crippen LogP contribution in [0.3, 0.4) is 0 Å². The van der Waals surface area contributed by atoms with E-state index >= 15 is 0 Å². The third-order valence-electron chi connectivity index (χ3n) is 2.69. The highest BCUT2D eigenvalue weighted by Gasteiger charge is 2.14. The van der Waals surface area contributed by atoms with E-state index in [9.17, 15) is 4.79 Å². The van der Waals surface area contributed by atoms with Gasteiger partial charge in [0, 0.05) is 31.7 Å². The van der Waals surface area contributed by atoms with Crippen LogP contribution in [0.25, 0.3) is 0 Å². The lowest BCUT2D eigenvalue weighted by Crippen LogP contribution is -2.36. The highest BCUT2D eigenvalue weighted by atomic mass is 16.1. The Kier molecular flexibility index (Phi) is 4.12. The van der Waals surface area contributed by atoms with Crippen molar-refractivity contribution in [1.29, 1.82) is 0 Å². The van der Waals surface area contributed by atoms with Gasteiger partial charge in [0.25, 0.3) is 5.91 Å². The number of amides is 1. The smallest absolute Gasteiger partial charge is 0.255 e. The van der Waals surface area contributed by atoms with Crippen LogP contribution in [0.5, 0.6) is 0 Å². The van der Waals surface area contributed by atoms with Crippen LogP contribution in [0.1, 0.15) is 17.3 Å². The molecule has 0 fully saturated rings. The molecule has 1 unspecified atom stereocenters. The average Bonchev–Trinajstić information content (AvgIpc) is 2.91. The summed E-state index contributed by atoms with van der Waals surface area (Å²) in [6.45, 7) is 2.57. The SMILES string of the molecule is CNc1ncccc1C(=O)NC(C)Cn1cccn1. The molecule has 0 aliphatic rings. The van der Waals surface area contributed by atoms with Crippen LogP contribution in [-0.2, 0) is 6.54 Å². The van der Waals surface area contributed by atoms with E-state index in [1.165, 1.54) is 0 Å². The predicted molar refractivity (Wildman–Crippen MR) is 72.9 cm³/mol. The van der Waals surface area contributed by atoms with Gasteiger partial charge in [0.1, 0.15) is 5.82 Å². The van der Waals surface area contributed by atoms with Gasteiger partial charge in [-0.25, -0.2) is 4.98 Å². The van der Waals surface area contributed by atoms with Crippen molar-refractivity contribution in [3.8, 4) is 0 Å². The molecule has 6 nitrogen and oxygen atoms in total. The molecular formula is C13H17N5O. The lowest BCUT2D eigenvalue weighted by atomic mass is 10.2. The lowest BCUT2D eigenvalue weighted by molar-refractivity contribution is 0.0936. The first kappa shape index (κ1) is 13.1. The number of hydrogen-bond donors (Lipinski definition) is 2. The number of aromatic nitrogens is 3. The monoisotopic (exact) mass is 259 g/mol. The highest BCUT2D eigenvalue weighted by molar-refractivity contribution is 5.98. The summed E-state index contributed by atoms with van der Waals surface area (Å²) in [5.41, 5.74) is 0.539. The van der Waals surface area contributed by atoms with Crippen LogP contribution >= 0.6 is 0 Å². The van der Waals surface area contributed by atoms with Crippen molar-refractivity contribution in [1.82, 2.24) is 20.1 Å². The fourth-order valence-corrected chi connectivity index (χ4v) is 1.82. The molecule has 2 rings (SSSR count). The van der Waals surface area contributed by atoms with Gasteiger partial charge >= 0.3 is 0 Å². The summed E-state index contributed by atoms with van der Waals surface area (Å²) in [5.74, 6) is 0.434.